The molecule has 2 atom stereocenters. The van der Waals surface area contributed by atoms with Crippen LogP contribution >= 0.6 is 0 Å². The van der Waals surface area contributed by atoms with Crippen LogP contribution in [0.3, 0.4) is 0 Å². The number of amides is 2. The highest BCUT2D eigenvalue weighted by molar-refractivity contribution is 6.14. The standard InChI is InChI=1S/C30H49N7O4/c1-8-33(9-2)24-12-13-27(34(10-3)11-4)31-28(24)35-16-18-36(19-17-35)29(40)32(7)30-23(25(38)20-26(30)39)14-15-37(30)41-21-22(5)6/h12-13,22-23H,8-11,14-21H2,1-7H3. The number of carbonyl (C=O) groups excluding carboxylic acids is 3. The summed E-state index contributed by atoms with van der Waals surface area (Å²) in [5.74, 6) is 1.25. The molecule has 3 heterocycles. The second kappa shape index (κ2) is 12.9. The van der Waals surface area contributed by atoms with Crippen LogP contribution in [-0.4, -0.2) is 116 Å². The van der Waals surface area contributed by atoms with E-state index in [1.54, 1.807) is 17.0 Å². The van der Waals surface area contributed by atoms with Crippen LogP contribution in [0.15, 0.2) is 12.1 Å². The van der Waals surface area contributed by atoms with E-state index in [0.717, 1.165) is 43.5 Å². The maximum Gasteiger partial charge on any atom is 0.321 e. The van der Waals surface area contributed by atoms with Crippen molar-refractivity contribution in [2.45, 2.75) is 60.0 Å². The van der Waals surface area contributed by atoms with Gasteiger partial charge in [0.25, 0.3) is 0 Å². The smallest absolute Gasteiger partial charge is 0.321 e. The third kappa shape index (κ3) is 5.62. The van der Waals surface area contributed by atoms with Crippen LogP contribution in [0.2, 0.25) is 0 Å². The number of likely N-dealkylation sites (N-methyl/N-ethyl adjacent to an activating group) is 1. The van der Waals surface area contributed by atoms with E-state index in [-0.39, 0.29) is 29.9 Å². The van der Waals surface area contributed by atoms with Crippen LogP contribution in [0, 0.1) is 11.8 Å². The van der Waals surface area contributed by atoms with Gasteiger partial charge in [0.15, 0.2) is 17.3 Å². The molecule has 2 amide bonds. The number of fused-ring (bicyclic) bond motifs is 1. The minimum Gasteiger partial charge on any atom is -0.369 e. The Bertz CT molecular complexity index is 1100. The molecule has 11 heteroatoms. The number of anilines is 3. The Hall–Kier alpha value is -2.92. The van der Waals surface area contributed by atoms with Crippen molar-refractivity contribution < 1.29 is 19.2 Å². The highest BCUT2D eigenvalue weighted by Crippen LogP contribution is 2.45. The SMILES string of the molecule is CCN(CC)c1ccc(N(CC)CC)c(N2CCN(C(=O)N(C)C34C(=O)CC(=O)C3CCN4OCC(C)C)CC2)n1. The van der Waals surface area contributed by atoms with Gasteiger partial charge < -0.3 is 19.6 Å². The van der Waals surface area contributed by atoms with E-state index < -0.39 is 11.6 Å². The lowest BCUT2D eigenvalue weighted by Crippen LogP contribution is -2.66. The van der Waals surface area contributed by atoms with E-state index in [1.807, 2.05) is 13.8 Å². The maximum atomic E-state index is 13.9. The van der Waals surface area contributed by atoms with E-state index in [2.05, 4.69) is 54.5 Å². The summed E-state index contributed by atoms with van der Waals surface area (Å²) < 4.78 is 0. The molecule has 3 aliphatic rings. The second-order valence-electron chi connectivity index (χ2n) is 11.6. The number of ketones is 2. The normalized spacial score (nSPS) is 23.0. The highest BCUT2D eigenvalue weighted by atomic mass is 16.7. The van der Waals surface area contributed by atoms with E-state index in [4.69, 9.17) is 9.82 Å². The molecule has 1 aromatic rings. The van der Waals surface area contributed by atoms with Crippen molar-refractivity contribution in [3.05, 3.63) is 12.1 Å². The van der Waals surface area contributed by atoms with Crippen molar-refractivity contribution in [1.82, 2.24) is 19.8 Å². The summed E-state index contributed by atoms with van der Waals surface area (Å²) in [6.45, 7) is 19.3. The Labute approximate surface area is 245 Å². The summed E-state index contributed by atoms with van der Waals surface area (Å²) in [7, 11) is 1.66. The third-order valence-electron chi connectivity index (χ3n) is 8.86. The first kappa shape index (κ1) is 31.0. The minimum absolute atomic E-state index is 0.0989. The van der Waals surface area contributed by atoms with Crippen molar-refractivity contribution in [3.63, 3.8) is 0 Å². The molecule has 0 N–H and O–H groups in total. The van der Waals surface area contributed by atoms with Gasteiger partial charge >= 0.3 is 6.03 Å². The lowest BCUT2D eigenvalue weighted by Gasteiger charge is -2.46. The van der Waals surface area contributed by atoms with Gasteiger partial charge in [-0.25, -0.2) is 9.78 Å². The van der Waals surface area contributed by atoms with Crippen molar-refractivity contribution in [1.29, 1.82) is 0 Å². The highest BCUT2D eigenvalue weighted by Gasteiger charge is 2.66. The molecule has 0 aromatic carbocycles. The van der Waals surface area contributed by atoms with E-state index in [1.165, 1.54) is 4.90 Å². The molecule has 2 aliphatic heterocycles. The molecule has 11 nitrogen and oxygen atoms in total. The summed E-state index contributed by atoms with van der Waals surface area (Å²) in [4.78, 5) is 61.5. The molecule has 2 unspecified atom stereocenters. The molecule has 0 bridgehead atoms. The van der Waals surface area contributed by atoms with Gasteiger partial charge in [-0.3, -0.25) is 19.3 Å². The summed E-state index contributed by atoms with van der Waals surface area (Å²) in [6, 6.07) is 4.03. The van der Waals surface area contributed by atoms with Gasteiger partial charge in [0.2, 0.25) is 0 Å². The molecule has 0 radical (unpaired) electrons. The number of rotatable bonds is 11. The Morgan fingerprint density at radius 2 is 1.63 bits per heavy atom. The van der Waals surface area contributed by atoms with Crippen LogP contribution in [0.5, 0.6) is 0 Å². The van der Waals surface area contributed by atoms with Gasteiger partial charge in [-0.2, -0.15) is 5.06 Å². The lowest BCUT2D eigenvalue weighted by atomic mass is 9.95. The van der Waals surface area contributed by atoms with Crippen LogP contribution in [-0.2, 0) is 14.4 Å². The molecule has 3 fully saturated rings. The quantitative estimate of drug-likeness (QED) is 0.372. The molecular weight excluding hydrogens is 522 g/mol. The molecule has 228 valence electrons. The van der Waals surface area contributed by atoms with E-state index in [0.29, 0.717) is 45.8 Å². The first-order chi connectivity index (χ1) is 19.6. The molecule has 0 spiro atoms. The van der Waals surface area contributed by atoms with Crippen LogP contribution < -0.4 is 14.7 Å². The molecule has 41 heavy (non-hydrogen) atoms. The molecule has 1 aromatic heterocycles. The zero-order chi connectivity index (χ0) is 29.9. The molecular formula is C30H49N7O4. The van der Waals surface area contributed by atoms with Crippen LogP contribution in [0.1, 0.15) is 54.4 Å². The predicted octanol–water partition coefficient (Wildman–Crippen LogP) is 3.10. The van der Waals surface area contributed by atoms with Gasteiger partial charge in [0.05, 0.1) is 24.6 Å². The fourth-order valence-electron chi connectivity index (χ4n) is 6.58. The first-order valence-electron chi connectivity index (χ1n) is 15.4. The third-order valence-corrected chi connectivity index (χ3v) is 8.86. The Morgan fingerprint density at radius 3 is 2.22 bits per heavy atom. The van der Waals surface area contributed by atoms with E-state index >= 15 is 0 Å². The van der Waals surface area contributed by atoms with Gasteiger partial charge in [-0.05, 0) is 52.2 Å². The number of hydrogen-bond acceptors (Lipinski definition) is 9. The molecule has 1 saturated carbocycles. The fraction of sp³-hybridized carbons (Fsp3) is 0.733. The molecule has 4 rings (SSSR count). The number of carbonyl (C=O) groups is 3. The summed E-state index contributed by atoms with van der Waals surface area (Å²) in [5.41, 5.74) is -0.265. The summed E-state index contributed by atoms with van der Waals surface area (Å²) in [6.07, 6.45) is 0.358. The number of hydrogen-bond donors (Lipinski definition) is 0. The Balaban J connectivity index is 1.54. The van der Waals surface area contributed by atoms with E-state index in [9.17, 15) is 14.4 Å². The van der Waals surface area contributed by atoms with Crippen molar-refractivity contribution in [2.24, 2.45) is 11.8 Å². The van der Waals surface area contributed by atoms with Gasteiger partial charge in [-0.1, -0.05) is 13.8 Å². The number of Topliss-reactive ketones (excluding diaryl/α,β-unsaturated/α-hetero) is 2. The van der Waals surface area contributed by atoms with Crippen LogP contribution in [0.4, 0.5) is 22.1 Å². The summed E-state index contributed by atoms with van der Waals surface area (Å²) >= 11 is 0. The van der Waals surface area contributed by atoms with Gasteiger partial charge in [0.1, 0.15) is 11.6 Å². The monoisotopic (exact) mass is 571 g/mol. The zero-order valence-corrected chi connectivity index (χ0v) is 26.1. The average Bonchev–Trinajstić information content (AvgIpc) is 3.48. The number of pyridine rings is 1. The maximum absolute atomic E-state index is 13.9. The average molecular weight is 572 g/mol. The lowest BCUT2D eigenvalue weighted by molar-refractivity contribution is -0.237. The molecule has 1 aliphatic carbocycles. The second-order valence-corrected chi connectivity index (χ2v) is 11.6. The number of hydroxylamine groups is 2. The van der Waals surface area contributed by atoms with Crippen molar-refractivity contribution >= 4 is 34.9 Å². The van der Waals surface area contributed by atoms with Crippen molar-refractivity contribution in [3.8, 4) is 0 Å². The predicted molar refractivity (Wildman–Crippen MR) is 161 cm³/mol. The largest absolute Gasteiger partial charge is 0.369 e. The molecule has 2 saturated heterocycles. The zero-order valence-electron chi connectivity index (χ0n) is 26.1. The Kier molecular flexibility index (Phi) is 9.79. The van der Waals surface area contributed by atoms with Crippen molar-refractivity contribution in [2.75, 3.05) is 87.3 Å². The topological polar surface area (TPSA) is 92.8 Å². The fourth-order valence-corrected chi connectivity index (χ4v) is 6.58. The number of nitrogens with zero attached hydrogens (tertiary/aromatic N) is 7. The van der Waals surface area contributed by atoms with Gasteiger partial charge in [-0.15, -0.1) is 0 Å². The first-order valence-corrected chi connectivity index (χ1v) is 15.4. The number of urea groups is 1. The Morgan fingerprint density at radius 1 is 1.00 bits per heavy atom. The number of aromatic nitrogens is 1. The van der Waals surface area contributed by atoms with Gasteiger partial charge in [0, 0.05) is 66.0 Å². The summed E-state index contributed by atoms with van der Waals surface area (Å²) in [5, 5.41) is 1.62. The number of piperazine rings is 1. The minimum atomic E-state index is -1.37. The van der Waals surface area contributed by atoms with Crippen LogP contribution in [0.25, 0.3) is 0 Å².